The molecule has 4 rings (SSSR count). The molecule has 4 aromatic rings. The van der Waals surface area contributed by atoms with Crippen LogP contribution in [-0.4, -0.2) is 27.5 Å². The zero-order valence-electron chi connectivity index (χ0n) is 16.4. The van der Waals surface area contributed by atoms with Gasteiger partial charge in [0.1, 0.15) is 12.1 Å². The van der Waals surface area contributed by atoms with E-state index in [2.05, 4.69) is 4.98 Å². The van der Waals surface area contributed by atoms with Crippen molar-refractivity contribution in [2.24, 2.45) is 5.73 Å². The average molecular weight is 396 g/mol. The van der Waals surface area contributed by atoms with Gasteiger partial charge in [-0.2, -0.15) is 0 Å². The molecule has 0 aliphatic carbocycles. The second-order valence-electron chi connectivity index (χ2n) is 7.13. The van der Waals surface area contributed by atoms with E-state index in [4.69, 9.17) is 11.1 Å². The summed E-state index contributed by atoms with van der Waals surface area (Å²) < 4.78 is 1.80. The lowest BCUT2D eigenvalue weighted by Crippen LogP contribution is -2.16. The lowest BCUT2D eigenvalue weighted by molar-refractivity contribution is 0.0936. The van der Waals surface area contributed by atoms with Crippen molar-refractivity contribution in [2.75, 3.05) is 0 Å². The second-order valence-corrected chi connectivity index (χ2v) is 7.13. The van der Waals surface area contributed by atoms with Gasteiger partial charge in [-0.1, -0.05) is 48.5 Å². The molecule has 0 aliphatic heterocycles. The fourth-order valence-electron chi connectivity index (χ4n) is 3.45. The van der Waals surface area contributed by atoms with Crippen molar-refractivity contribution < 1.29 is 9.59 Å². The Hall–Kier alpha value is -4.06. The van der Waals surface area contributed by atoms with Crippen molar-refractivity contribution in [3.05, 3.63) is 89.7 Å². The number of rotatable bonds is 6. The summed E-state index contributed by atoms with van der Waals surface area (Å²) in [6, 6.07) is 19.6. The molecule has 148 valence electrons. The molecule has 0 bridgehead atoms. The van der Waals surface area contributed by atoms with E-state index in [9.17, 15) is 9.59 Å². The first-order chi connectivity index (χ1) is 14.5. The molecule has 1 unspecified atom stereocenters. The molecule has 0 radical (unpaired) electrons. The molecule has 3 aromatic carbocycles. The van der Waals surface area contributed by atoms with E-state index < -0.39 is 6.04 Å². The molecule has 1 heterocycles. The van der Waals surface area contributed by atoms with Gasteiger partial charge >= 0.3 is 0 Å². The van der Waals surface area contributed by atoms with E-state index in [0.717, 1.165) is 28.4 Å². The minimum Gasteiger partial charge on any atom is -0.384 e. The van der Waals surface area contributed by atoms with E-state index >= 15 is 0 Å². The zero-order chi connectivity index (χ0) is 21.3. The SMILES string of the molecule is CC(C(=O)c1ccc(-c2ccc(C=O)cc2)cc1)n1cnc2ccc(C(=N)N)cc21. The summed E-state index contributed by atoms with van der Waals surface area (Å²) in [6.07, 6.45) is 2.45. The monoisotopic (exact) mass is 396 g/mol. The number of aldehydes is 1. The Morgan fingerprint density at radius 3 is 2.20 bits per heavy atom. The third-order valence-corrected chi connectivity index (χ3v) is 5.23. The highest BCUT2D eigenvalue weighted by molar-refractivity contribution is 6.01. The van der Waals surface area contributed by atoms with Crippen LogP contribution in [0.2, 0.25) is 0 Å². The van der Waals surface area contributed by atoms with Crippen LogP contribution in [0.5, 0.6) is 0 Å². The first-order valence-electron chi connectivity index (χ1n) is 9.49. The number of nitrogen functional groups attached to an aromatic ring is 1. The Morgan fingerprint density at radius 2 is 1.60 bits per heavy atom. The Balaban J connectivity index is 1.61. The smallest absolute Gasteiger partial charge is 0.185 e. The third-order valence-electron chi connectivity index (χ3n) is 5.23. The van der Waals surface area contributed by atoms with Crippen LogP contribution in [0, 0.1) is 5.41 Å². The van der Waals surface area contributed by atoms with Gasteiger partial charge < -0.3 is 10.3 Å². The second kappa shape index (κ2) is 7.75. The van der Waals surface area contributed by atoms with Gasteiger partial charge in [-0.05, 0) is 36.2 Å². The predicted octanol–water partition coefficient (Wildman–Crippen LogP) is 4.24. The lowest BCUT2D eigenvalue weighted by Gasteiger charge is -2.14. The van der Waals surface area contributed by atoms with Gasteiger partial charge in [-0.25, -0.2) is 4.98 Å². The van der Waals surface area contributed by atoms with Crippen molar-refractivity contribution in [3.8, 4) is 11.1 Å². The summed E-state index contributed by atoms with van der Waals surface area (Å²) in [5.74, 6) is -0.0641. The summed E-state index contributed by atoms with van der Waals surface area (Å²) in [5, 5.41) is 7.64. The summed E-state index contributed by atoms with van der Waals surface area (Å²) in [6.45, 7) is 1.83. The minimum absolute atomic E-state index is 0.0274. The van der Waals surface area contributed by atoms with Gasteiger partial charge in [-0.15, -0.1) is 0 Å². The van der Waals surface area contributed by atoms with E-state index in [1.807, 2.05) is 43.3 Å². The minimum atomic E-state index is -0.463. The number of nitrogens with one attached hydrogen (secondary N) is 1. The third kappa shape index (κ3) is 3.51. The standard InChI is InChI=1S/C24H20N4O2/c1-15(28-14-27-21-11-10-20(24(25)26)12-22(21)28)23(30)19-8-6-18(7-9-19)17-4-2-16(13-29)3-5-17/h2-15H,1H3,(H3,25,26). The quantitative estimate of drug-likeness (QED) is 0.220. The number of nitrogens with zero attached hydrogens (tertiary/aromatic N) is 2. The molecule has 0 aliphatic rings. The number of hydrogen-bond donors (Lipinski definition) is 2. The molecule has 6 heteroatoms. The first kappa shape index (κ1) is 19.3. The molecule has 0 fully saturated rings. The highest BCUT2D eigenvalue weighted by Gasteiger charge is 2.19. The summed E-state index contributed by atoms with van der Waals surface area (Å²) in [4.78, 5) is 28.2. The van der Waals surface area contributed by atoms with Gasteiger partial charge in [0.05, 0.1) is 23.4 Å². The molecule has 0 saturated heterocycles. The van der Waals surface area contributed by atoms with Crippen LogP contribution in [0.25, 0.3) is 22.2 Å². The zero-order valence-corrected chi connectivity index (χ0v) is 16.4. The number of imidazole rings is 1. The molecule has 0 spiro atoms. The van der Waals surface area contributed by atoms with E-state index in [1.165, 1.54) is 0 Å². The van der Waals surface area contributed by atoms with E-state index in [-0.39, 0.29) is 11.6 Å². The molecule has 1 aromatic heterocycles. The largest absolute Gasteiger partial charge is 0.384 e. The highest BCUT2D eigenvalue weighted by Crippen LogP contribution is 2.24. The average Bonchev–Trinajstić information content (AvgIpc) is 3.21. The Morgan fingerprint density at radius 1 is 1.00 bits per heavy atom. The van der Waals surface area contributed by atoms with Crippen molar-refractivity contribution >= 4 is 28.9 Å². The van der Waals surface area contributed by atoms with Crippen molar-refractivity contribution in [1.29, 1.82) is 5.41 Å². The maximum Gasteiger partial charge on any atom is 0.185 e. The van der Waals surface area contributed by atoms with Gasteiger partial charge in [0.25, 0.3) is 0 Å². The fraction of sp³-hybridized carbons (Fsp3) is 0.0833. The van der Waals surface area contributed by atoms with Crippen LogP contribution in [0.3, 0.4) is 0 Å². The molecular weight excluding hydrogens is 376 g/mol. The molecule has 0 amide bonds. The molecule has 6 nitrogen and oxygen atoms in total. The number of ketones is 1. The van der Waals surface area contributed by atoms with E-state index in [0.29, 0.717) is 16.7 Å². The van der Waals surface area contributed by atoms with Crippen molar-refractivity contribution in [2.45, 2.75) is 13.0 Å². The van der Waals surface area contributed by atoms with Gasteiger partial charge in [-0.3, -0.25) is 15.0 Å². The summed E-state index contributed by atoms with van der Waals surface area (Å²) >= 11 is 0. The van der Waals surface area contributed by atoms with Crippen LogP contribution >= 0.6 is 0 Å². The number of fused-ring (bicyclic) bond motifs is 1. The maximum absolute atomic E-state index is 13.1. The van der Waals surface area contributed by atoms with Crippen LogP contribution in [0.1, 0.15) is 39.2 Å². The Bertz CT molecular complexity index is 1250. The summed E-state index contributed by atoms with van der Waals surface area (Å²) in [5.41, 5.74) is 10.9. The topological polar surface area (TPSA) is 102 Å². The van der Waals surface area contributed by atoms with Crippen LogP contribution in [0.15, 0.2) is 73.1 Å². The molecule has 0 saturated carbocycles. The number of aromatic nitrogens is 2. The Kier molecular flexibility index (Phi) is 4.98. The van der Waals surface area contributed by atoms with Crippen molar-refractivity contribution in [1.82, 2.24) is 9.55 Å². The van der Waals surface area contributed by atoms with Gasteiger partial charge in [0.2, 0.25) is 0 Å². The highest BCUT2D eigenvalue weighted by atomic mass is 16.1. The normalized spacial score (nSPS) is 11.9. The fourth-order valence-corrected chi connectivity index (χ4v) is 3.45. The van der Waals surface area contributed by atoms with Crippen LogP contribution in [-0.2, 0) is 0 Å². The molecular formula is C24H20N4O2. The number of carbonyl (C=O) groups excluding carboxylic acids is 2. The number of Topliss-reactive ketones (excluding diaryl/α,β-unsaturated/α-hetero) is 1. The number of carbonyl (C=O) groups is 2. The molecule has 3 N–H and O–H groups in total. The summed E-state index contributed by atoms with van der Waals surface area (Å²) in [7, 11) is 0. The first-order valence-corrected chi connectivity index (χ1v) is 9.49. The lowest BCUT2D eigenvalue weighted by atomic mass is 9.99. The molecule has 1 atom stereocenters. The van der Waals surface area contributed by atoms with Gasteiger partial charge in [0, 0.05) is 16.7 Å². The predicted molar refractivity (Wildman–Crippen MR) is 117 cm³/mol. The van der Waals surface area contributed by atoms with Gasteiger partial charge in [0.15, 0.2) is 5.78 Å². The number of hydrogen-bond acceptors (Lipinski definition) is 4. The number of amidine groups is 1. The van der Waals surface area contributed by atoms with Crippen LogP contribution < -0.4 is 5.73 Å². The van der Waals surface area contributed by atoms with E-state index in [1.54, 1.807) is 41.2 Å². The molecule has 30 heavy (non-hydrogen) atoms. The Labute approximate surface area is 173 Å². The number of nitrogens with two attached hydrogens (primary N) is 1. The number of benzene rings is 3. The maximum atomic E-state index is 13.1. The van der Waals surface area contributed by atoms with Crippen LogP contribution in [0.4, 0.5) is 0 Å². The van der Waals surface area contributed by atoms with Crippen molar-refractivity contribution in [3.63, 3.8) is 0 Å².